The van der Waals surface area contributed by atoms with Crippen molar-refractivity contribution in [3.05, 3.63) is 71.8 Å². The summed E-state index contributed by atoms with van der Waals surface area (Å²) in [6.07, 6.45) is -0.344. The van der Waals surface area contributed by atoms with Gasteiger partial charge >= 0.3 is 0 Å². The van der Waals surface area contributed by atoms with E-state index in [1.807, 2.05) is 60.7 Å². The van der Waals surface area contributed by atoms with Crippen molar-refractivity contribution in [2.75, 3.05) is 0 Å². The van der Waals surface area contributed by atoms with Gasteiger partial charge in [0.05, 0.1) is 5.54 Å². The molecule has 0 spiro atoms. The molecule has 0 radical (unpaired) electrons. The van der Waals surface area contributed by atoms with Crippen molar-refractivity contribution in [3.8, 4) is 0 Å². The van der Waals surface area contributed by atoms with Crippen LogP contribution in [0.4, 0.5) is 0 Å². The largest absolute Gasteiger partial charge is 0.383 e. The van der Waals surface area contributed by atoms with Crippen molar-refractivity contribution >= 4 is 6.29 Å². The zero-order valence-electron chi connectivity index (χ0n) is 10.6. The van der Waals surface area contributed by atoms with Crippen LogP contribution in [0.25, 0.3) is 0 Å². The van der Waals surface area contributed by atoms with E-state index >= 15 is 0 Å². The maximum Gasteiger partial charge on any atom is 0.150 e. The van der Waals surface area contributed by atoms with Crippen molar-refractivity contribution in [2.45, 2.75) is 18.1 Å². The molecule has 0 saturated heterocycles. The summed E-state index contributed by atoms with van der Waals surface area (Å²) in [6, 6.07) is 18.8. The van der Waals surface area contributed by atoms with E-state index in [0.29, 0.717) is 12.7 Å². The van der Waals surface area contributed by atoms with Gasteiger partial charge in [0.25, 0.3) is 0 Å². The van der Waals surface area contributed by atoms with Crippen LogP contribution in [0.15, 0.2) is 60.7 Å². The molecule has 0 aliphatic rings. The fourth-order valence-corrected chi connectivity index (χ4v) is 2.18. The lowest BCUT2D eigenvalue weighted by molar-refractivity contribution is -0.118. The molecule has 0 saturated carbocycles. The van der Waals surface area contributed by atoms with Crippen LogP contribution in [0, 0.1) is 0 Å². The van der Waals surface area contributed by atoms with Crippen LogP contribution < -0.4 is 5.73 Å². The summed E-state index contributed by atoms with van der Waals surface area (Å²) in [5.41, 5.74) is 6.95. The van der Waals surface area contributed by atoms with Crippen LogP contribution in [-0.4, -0.2) is 17.5 Å². The van der Waals surface area contributed by atoms with Gasteiger partial charge in [-0.3, -0.25) is 0 Å². The molecule has 3 N–H and O–H groups in total. The minimum atomic E-state index is -1.24. The molecule has 0 bridgehead atoms. The monoisotopic (exact) mass is 255 g/mol. The summed E-state index contributed by atoms with van der Waals surface area (Å²) in [5, 5.41) is 10.00. The van der Waals surface area contributed by atoms with E-state index in [1.54, 1.807) is 0 Å². The Labute approximate surface area is 112 Å². The summed E-state index contributed by atoms with van der Waals surface area (Å²) in [7, 11) is 0. The van der Waals surface area contributed by atoms with Gasteiger partial charge in [-0.15, -0.1) is 0 Å². The molecule has 0 fully saturated rings. The lowest BCUT2D eigenvalue weighted by atomic mass is 9.80. The molecule has 3 heteroatoms. The molecule has 2 atom stereocenters. The molecule has 3 nitrogen and oxygen atoms in total. The van der Waals surface area contributed by atoms with Crippen LogP contribution in [0.1, 0.15) is 11.1 Å². The number of aliphatic hydroxyl groups excluding tert-OH is 1. The Bertz CT molecular complexity index is 527. The third-order valence-corrected chi connectivity index (χ3v) is 3.31. The zero-order valence-corrected chi connectivity index (χ0v) is 10.6. The van der Waals surface area contributed by atoms with Crippen molar-refractivity contribution in [3.63, 3.8) is 0 Å². The van der Waals surface area contributed by atoms with Crippen LogP contribution in [0.3, 0.4) is 0 Å². The quantitative estimate of drug-likeness (QED) is 0.798. The normalized spacial score (nSPS) is 15.5. The molecule has 0 aliphatic heterocycles. The Hall–Kier alpha value is -1.97. The lowest BCUT2D eigenvalue weighted by Crippen LogP contribution is -2.50. The van der Waals surface area contributed by atoms with Crippen LogP contribution in [-0.2, 0) is 16.8 Å². The Morgan fingerprint density at radius 2 is 1.58 bits per heavy atom. The summed E-state index contributed by atoms with van der Waals surface area (Å²) in [6.45, 7) is 0. The maximum atomic E-state index is 11.0. The molecule has 2 aromatic rings. The van der Waals surface area contributed by atoms with Gasteiger partial charge in [0.2, 0.25) is 0 Å². The number of carbonyl (C=O) groups excluding carboxylic acids is 1. The number of aliphatic hydroxyl groups is 1. The summed E-state index contributed by atoms with van der Waals surface area (Å²) < 4.78 is 0. The SMILES string of the molecule is NC(Cc1ccccc1)(c1ccccc1)C(O)C=O. The van der Waals surface area contributed by atoms with Gasteiger partial charge in [0, 0.05) is 0 Å². The van der Waals surface area contributed by atoms with Crippen molar-refractivity contribution < 1.29 is 9.90 Å². The van der Waals surface area contributed by atoms with Gasteiger partial charge < -0.3 is 15.6 Å². The number of hydrogen-bond donors (Lipinski definition) is 2. The Kier molecular flexibility index (Phi) is 4.10. The highest BCUT2D eigenvalue weighted by atomic mass is 16.3. The molecule has 2 aromatic carbocycles. The molecule has 0 aromatic heterocycles. The van der Waals surface area contributed by atoms with Crippen molar-refractivity contribution in [1.82, 2.24) is 0 Å². The average Bonchev–Trinajstić information content (AvgIpc) is 2.48. The summed E-state index contributed by atoms with van der Waals surface area (Å²) in [4.78, 5) is 11.0. The molecule has 2 unspecified atom stereocenters. The van der Waals surface area contributed by atoms with Crippen LogP contribution in [0.5, 0.6) is 0 Å². The fraction of sp³-hybridized carbons (Fsp3) is 0.188. The van der Waals surface area contributed by atoms with E-state index in [-0.39, 0.29) is 0 Å². The van der Waals surface area contributed by atoms with Crippen LogP contribution >= 0.6 is 0 Å². The fourth-order valence-electron chi connectivity index (χ4n) is 2.18. The Balaban J connectivity index is 2.38. The van der Waals surface area contributed by atoms with Gasteiger partial charge in [-0.25, -0.2) is 0 Å². The molecule has 0 amide bonds. The summed E-state index contributed by atoms with van der Waals surface area (Å²) in [5.74, 6) is 0. The predicted octanol–water partition coefficient (Wildman–Crippen LogP) is 1.64. The van der Waals surface area contributed by atoms with Gasteiger partial charge in [-0.1, -0.05) is 60.7 Å². The number of hydrogen-bond acceptors (Lipinski definition) is 3. The molecule has 19 heavy (non-hydrogen) atoms. The molecule has 0 heterocycles. The predicted molar refractivity (Wildman–Crippen MR) is 74.5 cm³/mol. The second-order valence-corrected chi connectivity index (χ2v) is 4.65. The van der Waals surface area contributed by atoms with E-state index < -0.39 is 11.6 Å². The highest BCUT2D eigenvalue weighted by molar-refractivity contribution is 5.60. The Morgan fingerprint density at radius 3 is 2.11 bits per heavy atom. The standard InChI is InChI=1S/C16H17NO2/c17-16(15(19)12-18,14-9-5-2-6-10-14)11-13-7-3-1-4-8-13/h1-10,12,15,19H,11,17H2. The van der Waals surface area contributed by atoms with Crippen molar-refractivity contribution in [2.24, 2.45) is 5.73 Å². The van der Waals surface area contributed by atoms with Gasteiger partial charge in [-0.2, -0.15) is 0 Å². The highest BCUT2D eigenvalue weighted by Gasteiger charge is 2.35. The summed E-state index contributed by atoms with van der Waals surface area (Å²) >= 11 is 0. The lowest BCUT2D eigenvalue weighted by Gasteiger charge is -2.32. The van der Waals surface area contributed by atoms with Crippen molar-refractivity contribution in [1.29, 1.82) is 0 Å². The molecule has 0 aliphatic carbocycles. The number of nitrogens with two attached hydrogens (primary N) is 1. The zero-order chi connectivity index (χ0) is 13.7. The first kappa shape index (κ1) is 13.5. The van der Waals surface area contributed by atoms with E-state index in [1.165, 1.54) is 0 Å². The van der Waals surface area contributed by atoms with E-state index in [9.17, 15) is 9.90 Å². The van der Waals surface area contributed by atoms with Crippen LogP contribution in [0.2, 0.25) is 0 Å². The van der Waals surface area contributed by atoms with Gasteiger partial charge in [0.1, 0.15) is 6.10 Å². The third-order valence-electron chi connectivity index (χ3n) is 3.31. The first-order valence-corrected chi connectivity index (χ1v) is 6.18. The minimum absolute atomic E-state index is 0.401. The van der Waals surface area contributed by atoms with E-state index in [4.69, 9.17) is 5.73 Å². The second-order valence-electron chi connectivity index (χ2n) is 4.65. The molecule has 98 valence electrons. The van der Waals surface area contributed by atoms with E-state index in [2.05, 4.69) is 0 Å². The first-order valence-electron chi connectivity index (χ1n) is 6.18. The third kappa shape index (κ3) is 2.89. The van der Waals surface area contributed by atoms with Gasteiger partial charge in [-0.05, 0) is 17.5 Å². The Morgan fingerprint density at radius 1 is 1.05 bits per heavy atom. The minimum Gasteiger partial charge on any atom is -0.383 e. The smallest absolute Gasteiger partial charge is 0.150 e. The first-order chi connectivity index (χ1) is 9.16. The molecular weight excluding hydrogens is 238 g/mol. The number of aldehydes is 1. The highest BCUT2D eigenvalue weighted by Crippen LogP contribution is 2.26. The molecule has 2 rings (SSSR count). The molecular formula is C16H17NO2. The second kappa shape index (κ2) is 5.78. The van der Waals surface area contributed by atoms with Gasteiger partial charge in [0.15, 0.2) is 6.29 Å². The number of benzene rings is 2. The number of carbonyl (C=O) groups is 1. The number of rotatable bonds is 5. The topological polar surface area (TPSA) is 63.3 Å². The average molecular weight is 255 g/mol. The van der Waals surface area contributed by atoms with E-state index in [0.717, 1.165) is 11.1 Å². The maximum absolute atomic E-state index is 11.0.